The molecule has 2 N–H and O–H groups in total. The predicted octanol–water partition coefficient (Wildman–Crippen LogP) is 2.62. The summed E-state index contributed by atoms with van der Waals surface area (Å²) < 4.78 is 0. The molecule has 0 aromatic rings. The highest BCUT2D eigenvalue weighted by Crippen LogP contribution is 2.25. The van der Waals surface area contributed by atoms with Crippen LogP contribution in [0.5, 0.6) is 0 Å². The van der Waals surface area contributed by atoms with Crippen LogP contribution in [0.4, 0.5) is 0 Å². The van der Waals surface area contributed by atoms with Crippen LogP contribution in [0.3, 0.4) is 0 Å². The molecule has 15 heavy (non-hydrogen) atoms. The van der Waals surface area contributed by atoms with E-state index in [-0.39, 0.29) is 0 Å². The lowest BCUT2D eigenvalue weighted by Crippen LogP contribution is -2.44. The van der Waals surface area contributed by atoms with Gasteiger partial charge in [0.25, 0.3) is 0 Å². The normalized spacial score (nSPS) is 28.4. The zero-order chi connectivity index (χ0) is 11.5. The number of nitrogens with two attached hydrogens (primary N) is 1. The van der Waals surface area contributed by atoms with E-state index in [1.807, 2.05) is 0 Å². The van der Waals surface area contributed by atoms with Crippen molar-refractivity contribution < 1.29 is 0 Å². The second-order valence-corrected chi connectivity index (χ2v) is 6.19. The number of hydrogen-bond acceptors (Lipinski definition) is 2. The van der Waals surface area contributed by atoms with E-state index in [1.54, 1.807) is 0 Å². The van der Waals surface area contributed by atoms with Crippen LogP contribution in [0.2, 0.25) is 0 Å². The average molecular weight is 212 g/mol. The number of hydrogen-bond donors (Lipinski definition) is 1. The molecule has 2 nitrogen and oxygen atoms in total. The first-order chi connectivity index (χ1) is 6.92. The summed E-state index contributed by atoms with van der Waals surface area (Å²) in [5.41, 5.74) is 6.36. The smallest absolute Gasteiger partial charge is 0.00965 e. The van der Waals surface area contributed by atoms with Gasteiger partial charge in [0.05, 0.1) is 0 Å². The molecule has 0 amide bonds. The van der Waals surface area contributed by atoms with Crippen molar-refractivity contribution in [3.05, 3.63) is 0 Å². The largest absolute Gasteiger partial charge is 0.328 e. The molecule has 0 aliphatic heterocycles. The molecule has 1 aliphatic rings. The Morgan fingerprint density at radius 1 is 1.13 bits per heavy atom. The van der Waals surface area contributed by atoms with E-state index in [1.165, 1.54) is 38.8 Å². The van der Waals surface area contributed by atoms with Gasteiger partial charge in [-0.1, -0.05) is 27.7 Å². The second-order valence-electron chi connectivity index (χ2n) is 6.19. The zero-order valence-electron chi connectivity index (χ0n) is 10.9. The van der Waals surface area contributed by atoms with E-state index < -0.39 is 0 Å². The van der Waals surface area contributed by atoms with Crippen molar-refractivity contribution in [2.45, 2.75) is 65.5 Å². The third-order valence-electron chi connectivity index (χ3n) is 3.34. The molecule has 90 valence electrons. The Morgan fingerprint density at radius 3 is 2.07 bits per heavy atom. The fraction of sp³-hybridized carbons (Fsp3) is 1.00. The molecule has 0 unspecified atom stereocenters. The minimum Gasteiger partial charge on any atom is -0.328 e. The molecular formula is C13H28N2. The molecule has 1 saturated carbocycles. The highest BCUT2D eigenvalue weighted by Gasteiger charge is 2.25. The van der Waals surface area contributed by atoms with E-state index in [4.69, 9.17) is 5.73 Å². The minimum absolute atomic E-state index is 0.412. The van der Waals surface area contributed by atoms with Crippen molar-refractivity contribution in [1.29, 1.82) is 0 Å². The monoisotopic (exact) mass is 212 g/mol. The molecule has 0 radical (unpaired) electrons. The first kappa shape index (κ1) is 13.0. The van der Waals surface area contributed by atoms with Crippen molar-refractivity contribution in [2.24, 2.45) is 11.1 Å². The summed E-state index contributed by atoms with van der Waals surface area (Å²) >= 11 is 0. The molecule has 0 heterocycles. The SMILES string of the molecule is CCN(CC(C)(C)C)C1CCC(N)CC1. The van der Waals surface area contributed by atoms with Gasteiger partial charge in [0.15, 0.2) is 0 Å². The highest BCUT2D eigenvalue weighted by atomic mass is 15.2. The lowest BCUT2D eigenvalue weighted by Gasteiger charge is -2.38. The molecule has 0 atom stereocenters. The van der Waals surface area contributed by atoms with E-state index in [9.17, 15) is 0 Å². The summed E-state index contributed by atoms with van der Waals surface area (Å²) in [7, 11) is 0. The molecule has 1 aliphatic carbocycles. The fourth-order valence-corrected chi connectivity index (χ4v) is 2.58. The standard InChI is InChI=1S/C13H28N2/c1-5-15(10-13(2,3)4)12-8-6-11(14)7-9-12/h11-12H,5-10,14H2,1-4H3. The van der Waals surface area contributed by atoms with Crippen LogP contribution < -0.4 is 5.73 Å². The van der Waals surface area contributed by atoms with Crippen molar-refractivity contribution in [3.8, 4) is 0 Å². The maximum Gasteiger partial charge on any atom is 0.00965 e. The van der Waals surface area contributed by atoms with Crippen molar-refractivity contribution in [3.63, 3.8) is 0 Å². The van der Waals surface area contributed by atoms with Gasteiger partial charge in [0.1, 0.15) is 0 Å². The Balaban J connectivity index is 2.44. The Bertz CT molecular complexity index is 175. The number of rotatable bonds is 3. The van der Waals surface area contributed by atoms with Crippen LogP contribution in [0, 0.1) is 5.41 Å². The van der Waals surface area contributed by atoms with Crippen LogP contribution in [0.25, 0.3) is 0 Å². The molecule has 0 aromatic heterocycles. The van der Waals surface area contributed by atoms with Gasteiger partial charge >= 0.3 is 0 Å². The van der Waals surface area contributed by atoms with Crippen LogP contribution in [-0.2, 0) is 0 Å². The van der Waals surface area contributed by atoms with Crippen molar-refractivity contribution in [2.75, 3.05) is 13.1 Å². The molecule has 0 bridgehead atoms. The zero-order valence-corrected chi connectivity index (χ0v) is 10.9. The lowest BCUT2D eigenvalue weighted by atomic mass is 9.88. The van der Waals surface area contributed by atoms with Gasteiger partial charge in [-0.25, -0.2) is 0 Å². The summed E-state index contributed by atoms with van der Waals surface area (Å²) in [6.07, 6.45) is 5.02. The van der Waals surface area contributed by atoms with Gasteiger partial charge < -0.3 is 10.6 Å². The van der Waals surface area contributed by atoms with Gasteiger partial charge in [0.2, 0.25) is 0 Å². The third-order valence-corrected chi connectivity index (χ3v) is 3.34. The Hall–Kier alpha value is -0.0800. The average Bonchev–Trinajstić information content (AvgIpc) is 2.14. The molecular weight excluding hydrogens is 184 g/mol. The summed E-state index contributed by atoms with van der Waals surface area (Å²) in [6.45, 7) is 11.6. The van der Waals surface area contributed by atoms with Gasteiger partial charge in [-0.15, -0.1) is 0 Å². The maximum absolute atomic E-state index is 5.95. The van der Waals surface area contributed by atoms with E-state index in [0.717, 1.165) is 6.04 Å². The van der Waals surface area contributed by atoms with Crippen LogP contribution in [0.1, 0.15) is 53.4 Å². The first-order valence-electron chi connectivity index (χ1n) is 6.42. The fourth-order valence-electron chi connectivity index (χ4n) is 2.58. The first-order valence-corrected chi connectivity index (χ1v) is 6.42. The van der Waals surface area contributed by atoms with Crippen molar-refractivity contribution >= 4 is 0 Å². The Morgan fingerprint density at radius 2 is 1.67 bits per heavy atom. The summed E-state index contributed by atoms with van der Waals surface area (Å²) in [4.78, 5) is 2.64. The Kier molecular flexibility index (Phi) is 4.60. The predicted molar refractivity (Wildman–Crippen MR) is 66.9 cm³/mol. The van der Waals surface area contributed by atoms with Gasteiger partial charge in [-0.2, -0.15) is 0 Å². The van der Waals surface area contributed by atoms with Gasteiger partial charge in [-0.3, -0.25) is 0 Å². The molecule has 2 heteroatoms. The van der Waals surface area contributed by atoms with E-state index >= 15 is 0 Å². The van der Waals surface area contributed by atoms with Crippen LogP contribution in [-0.4, -0.2) is 30.1 Å². The summed E-state index contributed by atoms with van der Waals surface area (Å²) in [5.74, 6) is 0. The third kappa shape index (κ3) is 4.52. The molecule has 0 spiro atoms. The topological polar surface area (TPSA) is 29.3 Å². The van der Waals surface area contributed by atoms with E-state index in [2.05, 4.69) is 32.6 Å². The summed E-state index contributed by atoms with van der Waals surface area (Å²) in [6, 6.07) is 1.25. The van der Waals surface area contributed by atoms with Gasteiger partial charge in [-0.05, 0) is 37.6 Å². The van der Waals surface area contributed by atoms with Crippen LogP contribution >= 0.6 is 0 Å². The molecule has 1 fully saturated rings. The molecule has 0 aromatic carbocycles. The number of nitrogens with zero attached hydrogens (tertiary/aromatic N) is 1. The van der Waals surface area contributed by atoms with Crippen molar-refractivity contribution in [1.82, 2.24) is 4.90 Å². The Labute approximate surface area is 95.2 Å². The molecule has 1 rings (SSSR count). The summed E-state index contributed by atoms with van der Waals surface area (Å²) in [5, 5.41) is 0. The quantitative estimate of drug-likeness (QED) is 0.779. The minimum atomic E-state index is 0.412. The van der Waals surface area contributed by atoms with Crippen LogP contribution in [0.15, 0.2) is 0 Å². The molecule has 0 saturated heterocycles. The van der Waals surface area contributed by atoms with E-state index in [0.29, 0.717) is 11.5 Å². The maximum atomic E-state index is 5.95. The lowest BCUT2D eigenvalue weighted by molar-refractivity contribution is 0.113. The highest BCUT2D eigenvalue weighted by molar-refractivity contribution is 4.82. The second kappa shape index (κ2) is 5.31. The van der Waals surface area contributed by atoms with Gasteiger partial charge in [0, 0.05) is 18.6 Å².